The fourth-order valence-electron chi connectivity index (χ4n) is 3.27. The number of amides is 1. The van der Waals surface area contributed by atoms with E-state index in [1.807, 2.05) is 13.8 Å². The molecule has 3 nitrogen and oxygen atoms in total. The maximum Gasteiger partial charge on any atom is 0.230 e. The van der Waals surface area contributed by atoms with E-state index < -0.39 is 5.41 Å². The Kier molecular flexibility index (Phi) is 5.22. The van der Waals surface area contributed by atoms with Gasteiger partial charge in [-0.1, -0.05) is 38.8 Å². The Morgan fingerprint density at radius 3 is 2.41 bits per heavy atom. The van der Waals surface area contributed by atoms with Gasteiger partial charge in [-0.05, 0) is 42.4 Å². The van der Waals surface area contributed by atoms with Crippen molar-refractivity contribution >= 4 is 5.91 Å². The van der Waals surface area contributed by atoms with Gasteiger partial charge in [0.2, 0.25) is 5.91 Å². The van der Waals surface area contributed by atoms with Gasteiger partial charge in [0.05, 0.1) is 5.41 Å². The molecule has 0 aliphatic heterocycles. The molecule has 0 heterocycles. The molecule has 0 aromatic heterocycles. The molecule has 1 aromatic carbocycles. The third-order valence-electron chi connectivity index (χ3n) is 4.80. The summed E-state index contributed by atoms with van der Waals surface area (Å²) in [6.45, 7) is 4.72. The molecule has 1 amide bonds. The largest absolute Gasteiger partial charge is 0.396 e. The maximum atomic E-state index is 13.2. The van der Waals surface area contributed by atoms with Crippen molar-refractivity contribution in [2.75, 3.05) is 13.2 Å². The average Bonchev–Trinajstić information content (AvgIpc) is 2.96. The molecule has 0 unspecified atom stereocenters. The highest BCUT2D eigenvalue weighted by Gasteiger charge is 2.42. The van der Waals surface area contributed by atoms with Crippen molar-refractivity contribution in [2.24, 2.45) is 5.41 Å². The molecular formula is C18H26FNO2. The van der Waals surface area contributed by atoms with E-state index in [0.29, 0.717) is 13.0 Å². The van der Waals surface area contributed by atoms with Crippen LogP contribution in [0, 0.1) is 11.2 Å². The standard InChI is InChI=1S/C18H26FNO2/c1-17(2,11-12-21)13-20-16(22)18(9-3-4-10-18)14-5-7-15(19)8-6-14/h5-8,21H,3-4,9-13H2,1-2H3,(H,20,22). The quantitative estimate of drug-likeness (QED) is 0.848. The number of carbonyl (C=O) groups is 1. The van der Waals surface area contributed by atoms with E-state index in [-0.39, 0.29) is 23.7 Å². The molecule has 122 valence electrons. The highest BCUT2D eigenvalue weighted by molar-refractivity contribution is 5.88. The molecule has 1 aliphatic rings. The molecule has 2 N–H and O–H groups in total. The molecule has 0 saturated heterocycles. The molecule has 1 aromatic rings. The number of nitrogens with one attached hydrogen (secondary N) is 1. The van der Waals surface area contributed by atoms with Gasteiger partial charge in [-0.3, -0.25) is 4.79 Å². The molecule has 1 fully saturated rings. The molecule has 0 spiro atoms. The Morgan fingerprint density at radius 1 is 1.27 bits per heavy atom. The summed E-state index contributed by atoms with van der Waals surface area (Å²) in [4.78, 5) is 12.8. The summed E-state index contributed by atoms with van der Waals surface area (Å²) in [5.41, 5.74) is 0.250. The first-order valence-corrected chi connectivity index (χ1v) is 8.05. The van der Waals surface area contributed by atoms with E-state index in [9.17, 15) is 9.18 Å². The first-order chi connectivity index (χ1) is 10.4. The van der Waals surface area contributed by atoms with Crippen molar-refractivity contribution in [1.29, 1.82) is 0 Å². The third kappa shape index (κ3) is 3.67. The van der Waals surface area contributed by atoms with Gasteiger partial charge in [-0.15, -0.1) is 0 Å². The number of benzene rings is 1. The number of aliphatic hydroxyl groups is 1. The highest BCUT2D eigenvalue weighted by Crippen LogP contribution is 2.41. The van der Waals surface area contributed by atoms with Gasteiger partial charge in [0, 0.05) is 13.2 Å². The Labute approximate surface area is 131 Å². The first-order valence-electron chi connectivity index (χ1n) is 8.05. The Hall–Kier alpha value is -1.42. The van der Waals surface area contributed by atoms with Crippen LogP contribution < -0.4 is 5.32 Å². The molecule has 22 heavy (non-hydrogen) atoms. The highest BCUT2D eigenvalue weighted by atomic mass is 19.1. The summed E-state index contributed by atoms with van der Waals surface area (Å²) >= 11 is 0. The second kappa shape index (κ2) is 6.78. The van der Waals surface area contributed by atoms with Gasteiger partial charge in [0.15, 0.2) is 0 Å². The minimum atomic E-state index is -0.525. The lowest BCUT2D eigenvalue weighted by molar-refractivity contribution is -0.127. The number of aliphatic hydroxyl groups excluding tert-OH is 1. The second-order valence-corrected chi connectivity index (χ2v) is 7.12. The van der Waals surface area contributed by atoms with Gasteiger partial charge in [0.25, 0.3) is 0 Å². The van der Waals surface area contributed by atoms with Crippen LogP contribution in [-0.4, -0.2) is 24.2 Å². The molecule has 2 rings (SSSR count). The average molecular weight is 307 g/mol. The lowest BCUT2D eigenvalue weighted by Crippen LogP contribution is -2.45. The van der Waals surface area contributed by atoms with Crippen LogP contribution in [0.1, 0.15) is 51.5 Å². The third-order valence-corrected chi connectivity index (χ3v) is 4.80. The number of rotatable bonds is 6. The van der Waals surface area contributed by atoms with Crippen molar-refractivity contribution in [3.8, 4) is 0 Å². The minimum absolute atomic E-state index is 0.0302. The van der Waals surface area contributed by atoms with E-state index >= 15 is 0 Å². The van der Waals surface area contributed by atoms with E-state index in [1.54, 1.807) is 12.1 Å². The number of carbonyl (C=O) groups excluding carboxylic acids is 1. The van der Waals surface area contributed by atoms with Crippen LogP contribution in [0.2, 0.25) is 0 Å². The number of halogens is 1. The van der Waals surface area contributed by atoms with E-state index in [0.717, 1.165) is 31.2 Å². The number of hydrogen-bond acceptors (Lipinski definition) is 2. The second-order valence-electron chi connectivity index (χ2n) is 7.12. The monoisotopic (exact) mass is 307 g/mol. The van der Waals surface area contributed by atoms with Gasteiger partial charge >= 0.3 is 0 Å². The fraction of sp³-hybridized carbons (Fsp3) is 0.611. The topological polar surface area (TPSA) is 49.3 Å². The van der Waals surface area contributed by atoms with Gasteiger partial charge < -0.3 is 10.4 Å². The molecular weight excluding hydrogens is 281 g/mol. The van der Waals surface area contributed by atoms with E-state index in [4.69, 9.17) is 5.11 Å². The van der Waals surface area contributed by atoms with Gasteiger partial charge in [-0.2, -0.15) is 0 Å². The van der Waals surface area contributed by atoms with Crippen molar-refractivity contribution < 1.29 is 14.3 Å². The first kappa shape index (κ1) is 16.9. The molecule has 0 radical (unpaired) electrons. The minimum Gasteiger partial charge on any atom is -0.396 e. The summed E-state index contributed by atoms with van der Waals surface area (Å²) in [6, 6.07) is 6.33. The molecule has 1 saturated carbocycles. The molecule has 0 bridgehead atoms. The SMILES string of the molecule is CC(C)(CCO)CNC(=O)C1(c2ccc(F)cc2)CCCC1. The van der Waals surface area contributed by atoms with Crippen LogP contribution in [0.25, 0.3) is 0 Å². The predicted molar refractivity (Wildman–Crippen MR) is 85.0 cm³/mol. The van der Waals surface area contributed by atoms with Crippen LogP contribution in [0.5, 0.6) is 0 Å². The Morgan fingerprint density at radius 2 is 1.86 bits per heavy atom. The summed E-state index contributed by atoms with van der Waals surface area (Å²) in [6.07, 6.45) is 4.31. The summed E-state index contributed by atoms with van der Waals surface area (Å²) < 4.78 is 13.2. The lowest BCUT2D eigenvalue weighted by atomic mass is 9.77. The van der Waals surface area contributed by atoms with Gasteiger partial charge in [0.1, 0.15) is 5.82 Å². The van der Waals surface area contributed by atoms with Crippen LogP contribution in [0.3, 0.4) is 0 Å². The van der Waals surface area contributed by atoms with Crippen molar-refractivity contribution in [3.63, 3.8) is 0 Å². The Balaban J connectivity index is 2.14. The van der Waals surface area contributed by atoms with Crippen LogP contribution >= 0.6 is 0 Å². The number of hydrogen-bond donors (Lipinski definition) is 2. The molecule has 1 aliphatic carbocycles. The smallest absolute Gasteiger partial charge is 0.230 e. The normalized spacial score (nSPS) is 17.5. The molecule has 4 heteroatoms. The lowest BCUT2D eigenvalue weighted by Gasteiger charge is -2.31. The van der Waals surface area contributed by atoms with Crippen LogP contribution in [-0.2, 0) is 10.2 Å². The zero-order valence-electron chi connectivity index (χ0n) is 13.5. The van der Waals surface area contributed by atoms with E-state index in [1.165, 1.54) is 12.1 Å². The summed E-state index contributed by atoms with van der Waals surface area (Å²) in [5.74, 6) is -0.246. The van der Waals surface area contributed by atoms with Crippen molar-refractivity contribution in [1.82, 2.24) is 5.32 Å². The zero-order valence-corrected chi connectivity index (χ0v) is 13.5. The Bertz CT molecular complexity index is 504. The van der Waals surface area contributed by atoms with Crippen LogP contribution in [0.15, 0.2) is 24.3 Å². The van der Waals surface area contributed by atoms with Crippen LogP contribution in [0.4, 0.5) is 4.39 Å². The van der Waals surface area contributed by atoms with Crippen molar-refractivity contribution in [2.45, 2.75) is 51.4 Å². The molecule has 0 atom stereocenters. The predicted octanol–water partition coefficient (Wildman–Crippen LogP) is 3.16. The van der Waals surface area contributed by atoms with Gasteiger partial charge in [-0.25, -0.2) is 4.39 Å². The maximum absolute atomic E-state index is 13.2. The summed E-state index contributed by atoms with van der Waals surface area (Å²) in [5, 5.41) is 12.1. The fourth-order valence-corrected chi connectivity index (χ4v) is 3.27. The summed E-state index contributed by atoms with van der Waals surface area (Å²) in [7, 11) is 0. The zero-order chi connectivity index (χ0) is 16.2. The van der Waals surface area contributed by atoms with E-state index in [2.05, 4.69) is 5.32 Å². The van der Waals surface area contributed by atoms with Crippen molar-refractivity contribution in [3.05, 3.63) is 35.6 Å².